The highest BCUT2D eigenvalue weighted by atomic mass is 16.5. The lowest BCUT2D eigenvalue weighted by Gasteiger charge is -2.11. The Morgan fingerprint density at radius 2 is 1.82 bits per heavy atom. The summed E-state index contributed by atoms with van der Waals surface area (Å²) < 4.78 is 10.4. The first-order chi connectivity index (χ1) is 8.24. The van der Waals surface area contributed by atoms with Crippen molar-refractivity contribution in [3.8, 4) is 23.3 Å². The van der Waals surface area contributed by atoms with Crippen LogP contribution in [0.5, 0.6) is 11.5 Å². The maximum absolute atomic E-state index is 12.1. The van der Waals surface area contributed by atoms with Crippen LogP contribution in [0.2, 0.25) is 0 Å². The third-order valence-electron chi connectivity index (χ3n) is 2.36. The molecule has 0 fully saturated rings. The highest BCUT2D eigenvalue weighted by molar-refractivity contribution is 6.01. The Morgan fingerprint density at radius 1 is 1.24 bits per heavy atom. The van der Waals surface area contributed by atoms with Gasteiger partial charge in [0.1, 0.15) is 17.1 Å². The van der Waals surface area contributed by atoms with Gasteiger partial charge in [0.15, 0.2) is 5.78 Å². The van der Waals surface area contributed by atoms with Gasteiger partial charge in [0.25, 0.3) is 0 Å². The standard InChI is InChI=1S/C14H16O3/c1-4-5-6-8-11(15)14-12(16-2)9-7-10-13(14)17-3/h7,9-10H,6,8H2,1-3H3. The minimum Gasteiger partial charge on any atom is -0.496 e. The molecule has 3 nitrogen and oxygen atoms in total. The van der Waals surface area contributed by atoms with E-state index in [4.69, 9.17) is 9.47 Å². The van der Waals surface area contributed by atoms with Crippen molar-refractivity contribution in [2.45, 2.75) is 19.8 Å². The minimum absolute atomic E-state index is 0.0120. The molecule has 0 atom stereocenters. The van der Waals surface area contributed by atoms with Crippen molar-refractivity contribution >= 4 is 5.78 Å². The lowest BCUT2D eigenvalue weighted by molar-refractivity contribution is 0.0978. The Hall–Kier alpha value is -1.95. The molecule has 0 bridgehead atoms. The first-order valence-corrected chi connectivity index (χ1v) is 5.38. The number of ether oxygens (including phenoxy) is 2. The summed E-state index contributed by atoms with van der Waals surface area (Å²) in [4.78, 5) is 12.1. The number of carbonyl (C=O) groups is 1. The molecule has 0 N–H and O–H groups in total. The number of Topliss-reactive ketones (excluding diaryl/α,β-unsaturated/α-hetero) is 1. The predicted molar refractivity (Wildman–Crippen MR) is 66.6 cm³/mol. The third-order valence-corrected chi connectivity index (χ3v) is 2.36. The molecule has 1 aromatic rings. The van der Waals surface area contributed by atoms with Crippen LogP contribution in [0.1, 0.15) is 30.1 Å². The molecular formula is C14H16O3. The SMILES string of the molecule is CC#CCCC(=O)c1c(OC)cccc1OC. The normalized spacial score (nSPS) is 9.12. The van der Waals surface area contributed by atoms with Crippen molar-refractivity contribution in [1.29, 1.82) is 0 Å². The van der Waals surface area contributed by atoms with Crippen molar-refractivity contribution in [2.24, 2.45) is 0 Å². The lowest BCUT2D eigenvalue weighted by Crippen LogP contribution is -2.04. The topological polar surface area (TPSA) is 35.5 Å². The van der Waals surface area contributed by atoms with Gasteiger partial charge in [-0.15, -0.1) is 11.8 Å². The maximum atomic E-state index is 12.1. The van der Waals surface area contributed by atoms with Gasteiger partial charge in [0.2, 0.25) is 0 Å². The molecule has 0 saturated heterocycles. The van der Waals surface area contributed by atoms with Crippen molar-refractivity contribution < 1.29 is 14.3 Å². The largest absolute Gasteiger partial charge is 0.496 e. The summed E-state index contributed by atoms with van der Waals surface area (Å²) in [6.45, 7) is 1.76. The molecule has 17 heavy (non-hydrogen) atoms. The van der Waals surface area contributed by atoms with Crippen LogP contribution >= 0.6 is 0 Å². The quantitative estimate of drug-likeness (QED) is 0.578. The van der Waals surface area contributed by atoms with E-state index in [-0.39, 0.29) is 5.78 Å². The first kappa shape index (κ1) is 13.1. The number of methoxy groups -OCH3 is 2. The molecule has 1 aromatic carbocycles. The Kier molecular flexibility index (Phi) is 5.09. The highest BCUT2D eigenvalue weighted by Gasteiger charge is 2.17. The van der Waals surface area contributed by atoms with Crippen LogP contribution < -0.4 is 9.47 Å². The Morgan fingerprint density at radius 3 is 2.29 bits per heavy atom. The molecule has 0 heterocycles. The molecule has 0 saturated carbocycles. The van der Waals surface area contributed by atoms with E-state index in [1.54, 1.807) is 25.1 Å². The molecule has 3 heteroatoms. The van der Waals surface area contributed by atoms with E-state index in [9.17, 15) is 4.79 Å². The molecule has 1 rings (SSSR count). The molecule has 90 valence electrons. The second-order valence-electron chi connectivity index (χ2n) is 3.39. The second kappa shape index (κ2) is 6.59. The van der Waals surface area contributed by atoms with E-state index in [2.05, 4.69) is 11.8 Å². The Bertz CT molecular complexity index is 430. The zero-order valence-corrected chi connectivity index (χ0v) is 10.4. The number of hydrogen-bond donors (Lipinski definition) is 0. The van der Waals surface area contributed by atoms with Crippen molar-refractivity contribution in [3.63, 3.8) is 0 Å². The first-order valence-electron chi connectivity index (χ1n) is 5.38. The smallest absolute Gasteiger partial charge is 0.171 e. The van der Waals surface area contributed by atoms with E-state index in [0.717, 1.165) is 0 Å². The van der Waals surface area contributed by atoms with Crippen LogP contribution in [0, 0.1) is 11.8 Å². The van der Waals surface area contributed by atoms with Crippen LogP contribution in [0.15, 0.2) is 18.2 Å². The van der Waals surface area contributed by atoms with Crippen LogP contribution in [-0.2, 0) is 0 Å². The zero-order valence-electron chi connectivity index (χ0n) is 10.4. The average Bonchev–Trinajstić information content (AvgIpc) is 2.37. The molecule has 0 aliphatic rings. The van der Waals surface area contributed by atoms with Gasteiger partial charge in [0, 0.05) is 12.8 Å². The molecule has 0 amide bonds. The minimum atomic E-state index is -0.0120. The summed E-state index contributed by atoms with van der Waals surface area (Å²) in [5.74, 6) is 6.71. The van der Waals surface area contributed by atoms with Crippen LogP contribution in [-0.4, -0.2) is 20.0 Å². The Balaban J connectivity index is 2.99. The summed E-state index contributed by atoms with van der Waals surface area (Å²) >= 11 is 0. The van der Waals surface area contributed by atoms with Crippen LogP contribution in [0.25, 0.3) is 0 Å². The summed E-state index contributed by atoms with van der Waals surface area (Å²) in [6.07, 6.45) is 0.925. The van der Waals surface area contributed by atoms with Gasteiger partial charge in [-0.2, -0.15) is 0 Å². The average molecular weight is 232 g/mol. The maximum Gasteiger partial charge on any atom is 0.171 e. The van der Waals surface area contributed by atoms with Crippen LogP contribution in [0.4, 0.5) is 0 Å². The fourth-order valence-corrected chi connectivity index (χ4v) is 1.55. The molecule has 0 unspecified atom stereocenters. The van der Waals surface area contributed by atoms with Gasteiger partial charge in [-0.3, -0.25) is 4.79 Å². The fraction of sp³-hybridized carbons (Fsp3) is 0.357. The number of rotatable bonds is 5. The van der Waals surface area contributed by atoms with Gasteiger partial charge < -0.3 is 9.47 Å². The summed E-state index contributed by atoms with van der Waals surface area (Å²) in [5, 5.41) is 0. The zero-order chi connectivity index (χ0) is 12.7. The number of benzene rings is 1. The van der Waals surface area contributed by atoms with E-state index in [1.807, 2.05) is 0 Å². The number of hydrogen-bond acceptors (Lipinski definition) is 3. The highest BCUT2D eigenvalue weighted by Crippen LogP contribution is 2.29. The lowest BCUT2D eigenvalue weighted by atomic mass is 10.0. The number of carbonyl (C=O) groups excluding carboxylic acids is 1. The molecular weight excluding hydrogens is 216 g/mol. The second-order valence-corrected chi connectivity index (χ2v) is 3.39. The van der Waals surface area contributed by atoms with E-state index in [0.29, 0.717) is 29.9 Å². The van der Waals surface area contributed by atoms with Crippen molar-refractivity contribution in [3.05, 3.63) is 23.8 Å². The molecule has 0 aliphatic heterocycles. The molecule has 0 radical (unpaired) electrons. The van der Waals surface area contributed by atoms with E-state index in [1.165, 1.54) is 14.2 Å². The monoisotopic (exact) mass is 232 g/mol. The van der Waals surface area contributed by atoms with E-state index >= 15 is 0 Å². The van der Waals surface area contributed by atoms with Crippen LogP contribution in [0.3, 0.4) is 0 Å². The van der Waals surface area contributed by atoms with Gasteiger partial charge in [-0.1, -0.05) is 6.07 Å². The molecule has 0 spiro atoms. The molecule has 0 aromatic heterocycles. The summed E-state index contributed by atoms with van der Waals surface area (Å²) in [7, 11) is 3.08. The van der Waals surface area contributed by atoms with Gasteiger partial charge in [-0.25, -0.2) is 0 Å². The predicted octanol–water partition coefficient (Wildman–Crippen LogP) is 2.69. The summed E-state index contributed by atoms with van der Waals surface area (Å²) in [6, 6.07) is 5.29. The fourth-order valence-electron chi connectivity index (χ4n) is 1.55. The number of ketones is 1. The molecule has 0 aliphatic carbocycles. The van der Waals surface area contributed by atoms with Gasteiger partial charge >= 0.3 is 0 Å². The Labute approximate surface area is 102 Å². The van der Waals surface area contributed by atoms with Crippen molar-refractivity contribution in [1.82, 2.24) is 0 Å². The summed E-state index contributed by atoms with van der Waals surface area (Å²) in [5.41, 5.74) is 0.496. The van der Waals surface area contributed by atoms with Crippen molar-refractivity contribution in [2.75, 3.05) is 14.2 Å². The van der Waals surface area contributed by atoms with Gasteiger partial charge in [0.05, 0.1) is 14.2 Å². The van der Waals surface area contributed by atoms with Gasteiger partial charge in [-0.05, 0) is 19.1 Å². The van der Waals surface area contributed by atoms with E-state index < -0.39 is 0 Å². The third kappa shape index (κ3) is 3.25.